The van der Waals surface area contributed by atoms with Crippen LogP contribution in [0.25, 0.3) is 21.5 Å². The molecule has 0 amide bonds. The first-order chi connectivity index (χ1) is 24.9. The Morgan fingerprint density at radius 1 is 0.385 bits per heavy atom. The van der Waals surface area contributed by atoms with Gasteiger partial charge in [-0.25, -0.2) is 0 Å². The van der Waals surface area contributed by atoms with E-state index in [0.717, 1.165) is 55.7 Å². The fourth-order valence-corrected chi connectivity index (χ4v) is 5.00. The van der Waals surface area contributed by atoms with Gasteiger partial charge in [-0.05, 0) is 105 Å². The maximum atomic E-state index is 11.4. The van der Waals surface area contributed by atoms with Crippen molar-refractivity contribution >= 4 is 44.7 Å². The van der Waals surface area contributed by atoms with Gasteiger partial charge in [-0.1, -0.05) is 60.7 Å². The molecule has 0 aliphatic heterocycles. The van der Waals surface area contributed by atoms with E-state index in [2.05, 4.69) is 0 Å². The topological polar surface area (TPSA) is 105 Å². The largest absolute Gasteiger partial charge is 0.497 e. The monoisotopic (exact) mass is 700 g/mol. The van der Waals surface area contributed by atoms with Crippen molar-refractivity contribution in [1.82, 2.24) is 0 Å². The predicted molar refractivity (Wildman–Crippen MR) is 207 cm³/mol. The Bertz CT molecular complexity index is 2150. The highest BCUT2D eigenvalue weighted by molar-refractivity contribution is 6.08. The third-order valence-corrected chi connectivity index (χ3v) is 7.91. The minimum Gasteiger partial charge on any atom is -0.497 e. The molecule has 8 nitrogen and oxygen atoms in total. The van der Waals surface area contributed by atoms with Crippen molar-refractivity contribution in [2.45, 2.75) is 27.7 Å². The van der Waals surface area contributed by atoms with E-state index < -0.39 is 0 Å². The summed E-state index contributed by atoms with van der Waals surface area (Å²) in [6.45, 7) is 6.23. The molecule has 0 aromatic heterocycles. The number of ether oxygens (including phenoxy) is 4. The Morgan fingerprint density at radius 2 is 0.865 bits per heavy atom. The molecule has 6 rings (SSSR count). The zero-order chi connectivity index (χ0) is 38.2. The van der Waals surface area contributed by atoms with Crippen LogP contribution in [0.5, 0.6) is 23.0 Å². The van der Waals surface area contributed by atoms with Crippen LogP contribution in [-0.4, -0.2) is 51.6 Å². The highest BCUT2D eigenvalue weighted by atomic mass is 16.5. The summed E-state index contributed by atoms with van der Waals surface area (Å²) in [5, 5.41) is 4.07. The summed E-state index contributed by atoms with van der Waals surface area (Å²) in [4.78, 5) is 44.3. The lowest BCUT2D eigenvalue weighted by Crippen LogP contribution is -1.94. The molecule has 0 spiro atoms. The first kappa shape index (κ1) is 40.2. The summed E-state index contributed by atoms with van der Waals surface area (Å²) in [7, 11) is 6.46. The lowest BCUT2D eigenvalue weighted by molar-refractivity contribution is 0.100. The lowest BCUT2D eigenvalue weighted by atomic mass is 10.0. The van der Waals surface area contributed by atoms with E-state index in [4.69, 9.17) is 18.9 Å². The van der Waals surface area contributed by atoms with Crippen LogP contribution in [0.15, 0.2) is 121 Å². The van der Waals surface area contributed by atoms with E-state index in [0.29, 0.717) is 11.1 Å². The van der Waals surface area contributed by atoms with Crippen molar-refractivity contribution in [3.05, 3.63) is 144 Å². The molecule has 0 N–H and O–H groups in total. The van der Waals surface area contributed by atoms with Crippen molar-refractivity contribution in [3.63, 3.8) is 0 Å². The SMILES string of the molecule is COc1ccc(C(C)=O)cc1.COc1ccc2cc(C(C)=O)ccc2c1.COc1cccc(C(C)=O)c1.COc1cccc2c(C(C)=O)cccc12. The van der Waals surface area contributed by atoms with E-state index in [-0.39, 0.29) is 23.1 Å². The smallest absolute Gasteiger partial charge is 0.160 e. The van der Waals surface area contributed by atoms with Gasteiger partial charge < -0.3 is 18.9 Å². The standard InChI is InChI=1S/2C13H12O2.2C9H10O2/c1-9(14)10-5-3-7-12-11(10)6-4-8-13(12)15-2;1-9(14)10-3-4-12-8-13(15-2)6-5-11(12)7-10;1-7(10)8-3-5-9(11-2)6-4-8;1-7(10)8-4-3-5-9(6-8)11-2/h2*3-8H,1-2H3;2*3-6H,1-2H3. The normalized spacial score (nSPS) is 9.85. The second kappa shape index (κ2) is 19.8. The summed E-state index contributed by atoms with van der Waals surface area (Å²) in [6.07, 6.45) is 0. The third-order valence-electron chi connectivity index (χ3n) is 7.91. The molecule has 0 radical (unpaired) electrons. The maximum Gasteiger partial charge on any atom is 0.160 e. The number of benzene rings is 6. The van der Waals surface area contributed by atoms with Crippen molar-refractivity contribution in [1.29, 1.82) is 0 Å². The molecule has 268 valence electrons. The van der Waals surface area contributed by atoms with Crippen LogP contribution in [0.2, 0.25) is 0 Å². The molecule has 0 atom stereocenters. The number of hydrogen-bond donors (Lipinski definition) is 0. The Hall–Kier alpha value is -6.28. The molecule has 0 saturated carbocycles. The number of rotatable bonds is 8. The van der Waals surface area contributed by atoms with Crippen molar-refractivity contribution in [3.8, 4) is 23.0 Å². The Balaban J connectivity index is 0.000000189. The number of hydrogen-bond acceptors (Lipinski definition) is 8. The second-order valence-corrected chi connectivity index (χ2v) is 11.5. The molecule has 0 aliphatic rings. The number of carbonyl (C=O) groups is 4. The van der Waals surface area contributed by atoms with Crippen LogP contribution >= 0.6 is 0 Å². The third kappa shape index (κ3) is 11.4. The fourth-order valence-electron chi connectivity index (χ4n) is 5.00. The molecule has 0 aliphatic carbocycles. The average Bonchev–Trinajstić information content (AvgIpc) is 3.17. The molecule has 0 saturated heterocycles. The summed E-state index contributed by atoms with van der Waals surface area (Å²) in [6, 6.07) is 37.0. The van der Waals surface area contributed by atoms with E-state index in [1.165, 1.54) is 6.92 Å². The molecule has 0 unspecified atom stereocenters. The number of ketones is 4. The van der Waals surface area contributed by atoms with Gasteiger partial charge in [0.15, 0.2) is 23.1 Å². The quantitative estimate of drug-likeness (QED) is 0.145. The van der Waals surface area contributed by atoms with E-state index in [1.54, 1.807) is 91.7 Å². The fraction of sp³-hybridized carbons (Fsp3) is 0.182. The molecular formula is C44H44O8. The molecule has 0 heterocycles. The Morgan fingerprint density at radius 3 is 1.44 bits per heavy atom. The minimum atomic E-state index is 0.0592. The van der Waals surface area contributed by atoms with Gasteiger partial charge in [0.05, 0.1) is 28.4 Å². The molecule has 6 aromatic rings. The molecule has 0 fully saturated rings. The number of Topliss-reactive ketones (excluding diaryl/α,β-unsaturated/α-hetero) is 4. The van der Waals surface area contributed by atoms with Gasteiger partial charge in [-0.15, -0.1) is 0 Å². The van der Waals surface area contributed by atoms with Crippen LogP contribution in [0, 0.1) is 0 Å². The van der Waals surface area contributed by atoms with Crippen molar-refractivity contribution < 1.29 is 38.1 Å². The maximum absolute atomic E-state index is 11.4. The van der Waals surface area contributed by atoms with Gasteiger partial charge in [-0.2, -0.15) is 0 Å². The number of fused-ring (bicyclic) bond motifs is 2. The van der Waals surface area contributed by atoms with Gasteiger partial charge in [0.2, 0.25) is 0 Å². The zero-order valence-electron chi connectivity index (χ0n) is 30.8. The first-order valence-electron chi connectivity index (χ1n) is 16.4. The molecule has 8 heteroatoms. The van der Waals surface area contributed by atoms with Gasteiger partial charge in [0.25, 0.3) is 0 Å². The highest BCUT2D eigenvalue weighted by Gasteiger charge is 2.08. The number of methoxy groups -OCH3 is 4. The molecule has 6 aromatic carbocycles. The van der Waals surface area contributed by atoms with Crippen molar-refractivity contribution in [2.24, 2.45) is 0 Å². The van der Waals surface area contributed by atoms with Crippen LogP contribution in [0.4, 0.5) is 0 Å². The summed E-state index contributed by atoms with van der Waals surface area (Å²) in [5.74, 6) is 3.43. The van der Waals surface area contributed by atoms with E-state index in [9.17, 15) is 19.2 Å². The van der Waals surface area contributed by atoms with Crippen molar-refractivity contribution in [2.75, 3.05) is 28.4 Å². The molecule has 0 bridgehead atoms. The number of carbonyl (C=O) groups excluding carboxylic acids is 4. The first-order valence-corrected chi connectivity index (χ1v) is 16.4. The van der Waals surface area contributed by atoms with Crippen LogP contribution < -0.4 is 18.9 Å². The Labute approximate surface area is 304 Å². The molecule has 52 heavy (non-hydrogen) atoms. The van der Waals surface area contributed by atoms with E-state index >= 15 is 0 Å². The summed E-state index contributed by atoms with van der Waals surface area (Å²) < 4.78 is 20.3. The van der Waals surface area contributed by atoms with Gasteiger partial charge in [0.1, 0.15) is 23.0 Å². The van der Waals surface area contributed by atoms with E-state index in [1.807, 2.05) is 78.9 Å². The second-order valence-electron chi connectivity index (χ2n) is 11.5. The summed E-state index contributed by atoms with van der Waals surface area (Å²) in [5.41, 5.74) is 2.88. The molecular weight excluding hydrogens is 656 g/mol. The van der Waals surface area contributed by atoms with Gasteiger partial charge in [0, 0.05) is 27.6 Å². The van der Waals surface area contributed by atoms with Gasteiger partial charge >= 0.3 is 0 Å². The summed E-state index contributed by atoms with van der Waals surface area (Å²) >= 11 is 0. The van der Waals surface area contributed by atoms with Crippen LogP contribution in [-0.2, 0) is 0 Å². The average molecular weight is 701 g/mol. The lowest BCUT2D eigenvalue weighted by Gasteiger charge is -2.07. The minimum absolute atomic E-state index is 0.0592. The zero-order valence-corrected chi connectivity index (χ0v) is 30.8. The van der Waals surface area contributed by atoms with Gasteiger partial charge in [-0.3, -0.25) is 19.2 Å². The van der Waals surface area contributed by atoms with Crippen LogP contribution in [0.3, 0.4) is 0 Å². The van der Waals surface area contributed by atoms with Crippen LogP contribution in [0.1, 0.15) is 69.1 Å². The Kier molecular flexibility index (Phi) is 15.3. The highest BCUT2D eigenvalue weighted by Crippen LogP contribution is 2.28. The predicted octanol–water partition coefficient (Wildman–Crippen LogP) is 9.90.